The lowest BCUT2D eigenvalue weighted by Gasteiger charge is -2.20. The molecular weight excluding hydrogens is 512 g/mol. The number of aliphatic hydroxyl groups excluding tert-OH is 2. The highest BCUT2D eigenvalue weighted by molar-refractivity contribution is 7.85. The van der Waals surface area contributed by atoms with E-state index in [-0.39, 0.29) is 31.3 Å². The number of benzene rings is 3. The van der Waals surface area contributed by atoms with Crippen molar-refractivity contribution in [3.8, 4) is 11.5 Å². The molecule has 9 nitrogen and oxygen atoms in total. The van der Waals surface area contributed by atoms with Crippen LogP contribution in [0.5, 0.6) is 11.5 Å². The topological polar surface area (TPSA) is 132 Å². The number of fused-ring (bicyclic) bond motifs is 2. The summed E-state index contributed by atoms with van der Waals surface area (Å²) in [4.78, 5) is -0.302. The highest BCUT2D eigenvalue weighted by Gasteiger charge is 2.21. The summed E-state index contributed by atoms with van der Waals surface area (Å²) in [6.45, 7) is 5.30. The van der Waals surface area contributed by atoms with Crippen molar-refractivity contribution in [3.63, 3.8) is 0 Å². The molecule has 3 aromatic carbocycles. The summed E-state index contributed by atoms with van der Waals surface area (Å²) >= 11 is 0. The first-order valence-electron chi connectivity index (χ1n) is 13.0. The van der Waals surface area contributed by atoms with E-state index in [1.807, 2.05) is 12.1 Å². The van der Waals surface area contributed by atoms with Crippen LogP contribution in [-0.4, -0.2) is 75.0 Å². The molecule has 210 valence electrons. The van der Waals surface area contributed by atoms with Gasteiger partial charge < -0.3 is 29.2 Å². The summed E-state index contributed by atoms with van der Waals surface area (Å²) in [7, 11) is -4.49. The summed E-state index contributed by atoms with van der Waals surface area (Å²) in [5.74, 6) is 0.769. The Kier molecular flexibility index (Phi) is 11.6. The Hall–Kier alpha value is -2.47. The molecule has 2 unspecified atom stereocenters. The van der Waals surface area contributed by atoms with E-state index in [0.717, 1.165) is 25.7 Å². The standard InChI is InChI=1S/C28H38O9S/c1-3-5-13-34-16-20(29)18-36-27-23-9-7-8-10-24(23)28(37-19-21(30)17-35-14-6-4-2)26-15-22(38(31,32)33)11-12-25(26)27/h7-12,15,20-21,29-30H,3-6,13-14,16-19H2,1-2H3,(H,31,32,33). The minimum atomic E-state index is -4.49. The normalized spacial score (nSPS) is 13.6. The minimum Gasteiger partial charge on any atom is -0.489 e. The molecule has 3 N–H and O–H groups in total. The van der Waals surface area contributed by atoms with Crippen molar-refractivity contribution < 1.29 is 42.1 Å². The molecule has 0 aliphatic rings. The van der Waals surface area contributed by atoms with Crippen LogP contribution in [0.3, 0.4) is 0 Å². The molecule has 0 spiro atoms. The molecule has 10 heteroatoms. The Bertz CT molecular complexity index is 1280. The summed E-state index contributed by atoms with van der Waals surface area (Å²) in [6, 6.07) is 11.4. The van der Waals surface area contributed by atoms with Gasteiger partial charge in [0.05, 0.1) is 18.1 Å². The van der Waals surface area contributed by atoms with Gasteiger partial charge in [-0.15, -0.1) is 0 Å². The molecule has 0 saturated heterocycles. The van der Waals surface area contributed by atoms with Crippen LogP contribution < -0.4 is 9.47 Å². The summed E-state index contributed by atoms with van der Waals surface area (Å²) in [5.41, 5.74) is 0. The van der Waals surface area contributed by atoms with Gasteiger partial charge in [-0.25, -0.2) is 0 Å². The fourth-order valence-electron chi connectivity index (χ4n) is 3.94. The van der Waals surface area contributed by atoms with E-state index in [9.17, 15) is 23.2 Å². The molecule has 0 aromatic heterocycles. The molecule has 0 heterocycles. The summed E-state index contributed by atoms with van der Waals surface area (Å²) < 4.78 is 56.6. The molecule has 3 aromatic rings. The molecule has 0 amide bonds. The van der Waals surface area contributed by atoms with Crippen LogP contribution in [0.2, 0.25) is 0 Å². The zero-order valence-corrected chi connectivity index (χ0v) is 22.8. The molecule has 38 heavy (non-hydrogen) atoms. The molecular formula is C28H38O9S. The molecule has 0 bridgehead atoms. The monoisotopic (exact) mass is 550 g/mol. The first-order chi connectivity index (χ1) is 18.3. The number of hydrogen-bond donors (Lipinski definition) is 3. The molecule has 0 aliphatic heterocycles. The first kappa shape index (κ1) is 30.1. The van der Waals surface area contributed by atoms with Gasteiger partial charge in [0, 0.05) is 34.8 Å². The molecule has 0 saturated carbocycles. The largest absolute Gasteiger partial charge is 0.489 e. The number of aliphatic hydroxyl groups is 2. The third-order valence-corrected chi connectivity index (χ3v) is 6.79. The number of unbranched alkanes of at least 4 members (excludes halogenated alkanes) is 2. The third-order valence-electron chi connectivity index (χ3n) is 5.94. The van der Waals surface area contributed by atoms with E-state index >= 15 is 0 Å². The van der Waals surface area contributed by atoms with E-state index in [1.54, 1.807) is 12.1 Å². The van der Waals surface area contributed by atoms with Gasteiger partial charge in [-0.05, 0) is 31.0 Å². The fraction of sp³-hybridized carbons (Fsp3) is 0.500. The second-order valence-electron chi connectivity index (χ2n) is 9.17. The molecule has 0 aliphatic carbocycles. The van der Waals surface area contributed by atoms with Crippen molar-refractivity contribution in [2.45, 2.75) is 56.6 Å². The highest BCUT2D eigenvalue weighted by atomic mass is 32.2. The average Bonchev–Trinajstić information content (AvgIpc) is 2.90. The van der Waals surface area contributed by atoms with Crippen LogP contribution in [0.4, 0.5) is 0 Å². The van der Waals surface area contributed by atoms with Gasteiger partial charge in [-0.2, -0.15) is 8.42 Å². The van der Waals surface area contributed by atoms with E-state index in [1.165, 1.54) is 18.2 Å². The first-order valence-corrected chi connectivity index (χ1v) is 14.4. The maximum Gasteiger partial charge on any atom is 0.294 e. The van der Waals surface area contributed by atoms with Gasteiger partial charge in [0.1, 0.15) is 36.9 Å². The lowest BCUT2D eigenvalue weighted by molar-refractivity contribution is 0.0115. The van der Waals surface area contributed by atoms with Crippen molar-refractivity contribution in [2.75, 3.05) is 39.6 Å². The Morgan fingerprint density at radius 1 is 0.711 bits per heavy atom. The zero-order chi connectivity index (χ0) is 27.5. The van der Waals surface area contributed by atoms with Crippen molar-refractivity contribution in [1.29, 1.82) is 0 Å². The second kappa shape index (κ2) is 14.6. The summed E-state index contributed by atoms with van der Waals surface area (Å²) in [6.07, 6.45) is 2.01. The average molecular weight is 551 g/mol. The van der Waals surface area contributed by atoms with E-state index in [0.29, 0.717) is 46.3 Å². The maximum atomic E-state index is 11.9. The van der Waals surface area contributed by atoms with E-state index in [4.69, 9.17) is 18.9 Å². The Labute approximate surface area is 224 Å². The van der Waals surface area contributed by atoms with Crippen LogP contribution in [-0.2, 0) is 19.6 Å². The Morgan fingerprint density at radius 2 is 1.18 bits per heavy atom. The molecule has 0 radical (unpaired) electrons. The zero-order valence-electron chi connectivity index (χ0n) is 22.0. The third kappa shape index (κ3) is 8.26. The quantitative estimate of drug-likeness (QED) is 0.127. The van der Waals surface area contributed by atoms with Gasteiger partial charge >= 0.3 is 0 Å². The van der Waals surface area contributed by atoms with Gasteiger partial charge in [-0.1, -0.05) is 51.0 Å². The fourth-order valence-corrected chi connectivity index (χ4v) is 4.44. The predicted octanol–water partition coefficient (Wildman–Crippen LogP) is 4.35. The lowest BCUT2D eigenvalue weighted by Crippen LogP contribution is -2.24. The van der Waals surface area contributed by atoms with Crippen LogP contribution >= 0.6 is 0 Å². The molecule has 2 atom stereocenters. The van der Waals surface area contributed by atoms with Gasteiger partial charge in [0.15, 0.2) is 0 Å². The van der Waals surface area contributed by atoms with Gasteiger partial charge in [-0.3, -0.25) is 4.55 Å². The SMILES string of the molecule is CCCCOCC(O)COc1c2ccccc2c(OCC(O)COCCCC)c2cc(S(=O)(=O)O)ccc12. The second-order valence-corrected chi connectivity index (χ2v) is 10.6. The van der Waals surface area contributed by atoms with E-state index in [2.05, 4.69) is 13.8 Å². The van der Waals surface area contributed by atoms with Gasteiger partial charge in [0.2, 0.25) is 0 Å². The highest BCUT2D eigenvalue weighted by Crippen LogP contribution is 2.43. The molecule has 0 fully saturated rings. The Morgan fingerprint density at radius 3 is 1.66 bits per heavy atom. The van der Waals surface area contributed by atoms with Crippen molar-refractivity contribution in [1.82, 2.24) is 0 Å². The van der Waals surface area contributed by atoms with Crippen molar-refractivity contribution in [3.05, 3.63) is 42.5 Å². The number of rotatable bonds is 17. The lowest BCUT2D eigenvalue weighted by atomic mass is 10.0. The number of ether oxygens (including phenoxy) is 4. The van der Waals surface area contributed by atoms with Crippen LogP contribution in [0.25, 0.3) is 21.5 Å². The minimum absolute atomic E-state index is 0.0424. The smallest absolute Gasteiger partial charge is 0.294 e. The van der Waals surface area contributed by atoms with Gasteiger partial charge in [0.25, 0.3) is 10.1 Å². The Balaban J connectivity index is 1.96. The van der Waals surface area contributed by atoms with E-state index < -0.39 is 22.3 Å². The number of hydrogen-bond acceptors (Lipinski definition) is 8. The van der Waals surface area contributed by atoms with Crippen molar-refractivity contribution in [2.24, 2.45) is 0 Å². The van der Waals surface area contributed by atoms with Crippen LogP contribution in [0.15, 0.2) is 47.4 Å². The predicted molar refractivity (Wildman–Crippen MR) is 146 cm³/mol. The summed E-state index contributed by atoms with van der Waals surface area (Å²) in [5, 5.41) is 23.0. The van der Waals surface area contributed by atoms with Crippen molar-refractivity contribution >= 4 is 31.7 Å². The van der Waals surface area contributed by atoms with Crippen LogP contribution in [0, 0.1) is 0 Å². The molecule has 3 rings (SSSR count). The van der Waals surface area contributed by atoms with Crippen LogP contribution in [0.1, 0.15) is 39.5 Å². The maximum absolute atomic E-state index is 11.9.